The first-order chi connectivity index (χ1) is 11.3. The predicted molar refractivity (Wildman–Crippen MR) is 89.4 cm³/mol. The van der Waals surface area contributed by atoms with Crippen LogP contribution in [0.1, 0.15) is 18.6 Å². The van der Waals surface area contributed by atoms with E-state index in [0.717, 1.165) is 40.2 Å². The van der Waals surface area contributed by atoms with Crippen molar-refractivity contribution >= 4 is 11.8 Å². The zero-order valence-corrected chi connectivity index (χ0v) is 13.6. The number of aryl methyl sites for hydroxylation is 1. The van der Waals surface area contributed by atoms with Gasteiger partial charge in [0.05, 0.1) is 17.9 Å². The number of hydrogen-bond donors (Lipinski definition) is 0. The first kappa shape index (κ1) is 15.4. The Labute approximate surface area is 139 Å². The highest BCUT2D eigenvalue weighted by molar-refractivity contribution is 7.99. The van der Waals surface area contributed by atoms with Crippen LogP contribution in [-0.2, 0) is 0 Å². The minimum absolute atomic E-state index is 0.556. The Bertz CT molecular complexity index is 817. The number of thioether (sulfide) groups is 1. The summed E-state index contributed by atoms with van der Waals surface area (Å²) in [5.74, 6) is 2.42. The lowest BCUT2D eigenvalue weighted by molar-refractivity contribution is 0.535. The van der Waals surface area contributed by atoms with Crippen LogP contribution in [0.3, 0.4) is 0 Å². The SMILES string of the molecule is Cc1occc1-c1nnc(SCCCC#N)n1-c1ccccc1. The average molecular weight is 324 g/mol. The van der Waals surface area contributed by atoms with E-state index >= 15 is 0 Å². The van der Waals surface area contributed by atoms with Gasteiger partial charge in [0.25, 0.3) is 0 Å². The number of para-hydroxylation sites is 1. The van der Waals surface area contributed by atoms with Crippen LogP contribution in [0.4, 0.5) is 0 Å². The fourth-order valence-corrected chi connectivity index (χ4v) is 3.17. The number of nitrogens with zero attached hydrogens (tertiary/aromatic N) is 4. The lowest BCUT2D eigenvalue weighted by atomic mass is 10.2. The maximum absolute atomic E-state index is 8.65. The van der Waals surface area contributed by atoms with Crippen molar-refractivity contribution in [3.05, 3.63) is 48.4 Å². The molecule has 0 bridgehead atoms. The van der Waals surface area contributed by atoms with Gasteiger partial charge in [-0.2, -0.15) is 5.26 Å². The third-order valence-electron chi connectivity index (χ3n) is 3.41. The van der Waals surface area contributed by atoms with E-state index in [-0.39, 0.29) is 0 Å². The number of benzene rings is 1. The number of aromatic nitrogens is 3. The fraction of sp³-hybridized carbons (Fsp3) is 0.235. The predicted octanol–water partition coefficient (Wildman–Crippen LogP) is 4.23. The van der Waals surface area contributed by atoms with Gasteiger partial charge in [-0.25, -0.2) is 0 Å². The van der Waals surface area contributed by atoms with Crippen LogP contribution < -0.4 is 0 Å². The molecule has 0 unspecified atom stereocenters. The molecule has 0 atom stereocenters. The zero-order chi connectivity index (χ0) is 16.1. The normalized spacial score (nSPS) is 10.6. The van der Waals surface area contributed by atoms with Crippen molar-refractivity contribution in [2.45, 2.75) is 24.9 Å². The minimum atomic E-state index is 0.556. The molecule has 1 aromatic carbocycles. The van der Waals surface area contributed by atoms with E-state index in [1.54, 1.807) is 18.0 Å². The van der Waals surface area contributed by atoms with Crippen LogP contribution in [0.25, 0.3) is 17.1 Å². The molecular weight excluding hydrogens is 308 g/mol. The molecule has 0 saturated heterocycles. The first-order valence-corrected chi connectivity index (χ1v) is 8.35. The third kappa shape index (κ3) is 3.30. The molecule has 2 heterocycles. The zero-order valence-electron chi connectivity index (χ0n) is 12.8. The van der Waals surface area contributed by atoms with Gasteiger partial charge in [0, 0.05) is 17.9 Å². The highest BCUT2D eigenvalue weighted by atomic mass is 32.2. The number of furan rings is 1. The lowest BCUT2D eigenvalue weighted by Gasteiger charge is -2.09. The van der Waals surface area contributed by atoms with Crippen molar-refractivity contribution in [1.29, 1.82) is 5.26 Å². The molecular formula is C17H16N4OS. The van der Waals surface area contributed by atoms with Gasteiger partial charge in [-0.05, 0) is 31.5 Å². The number of nitriles is 1. The van der Waals surface area contributed by atoms with Crippen LogP contribution in [0.15, 0.2) is 52.2 Å². The molecule has 3 rings (SSSR count). The molecule has 0 fully saturated rings. The molecule has 5 nitrogen and oxygen atoms in total. The second-order valence-electron chi connectivity index (χ2n) is 4.98. The van der Waals surface area contributed by atoms with Crippen molar-refractivity contribution in [3.63, 3.8) is 0 Å². The monoisotopic (exact) mass is 324 g/mol. The second kappa shape index (κ2) is 7.16. The molecule has 3 aromatic rings. The number of rotatable bonds is 6. The summed E-state index contributed by atoms with van der Waals surface area (Å²) in [5.41, 5.74) is 1.95. The smallest absolute Gasteiger partial charge is 0.196 e. The van der Waals surface area contributed by atoms with Gasteiger partial charge in [-0.3, -0.25) is 4.57 Å². The molecule has 2 aromatic heterocycles. The molecule has 0 aliphatic heterocycles. The quantitative estimate of drug-likeness (QED) is 0.501. The highest BCUT2D eigenvalue weighted by Crippen LogP contribution is 2.30. The van der Waals surface area contributed by atoms with Crippen LogP contribution in [0.5, 0.6) is 0 Å². The van der Waals surface area contributed by atoms with E-state index in [0.29, 0.717) is 6.42 Å². The summed E-state index contributed by atoms with van der Waals surface area (Å²) >= 11 is 1.61. The first-order valence-electron chi connectivity index (χ1n) is 7.36. The van der Waals surface area contributed by atoms with Gasteiger partial charge in [-0.15, -0.1) is 10.2 Å². The van der Waals surface area contributed by atoms with E-state index < -0.39 is 0 Å². The van der Waals surface area contributed by atoms with Crippen molar-refractivity contribution in [1.82, 2.24) is 14.8 Å². The summed E-state index contributed by atoms with van der Waals surface area (Å²) in [6.07, 6.45) is 3.05. The minimum Gasteiger partial charge on any atom is -0.469 e. The Morgan fingerprint density at radius 3 is 2.74 bits per heavy atom. The Balaban J connectivity index is 1.99. The van der Waals surface area contributed by atoms with Crippen molar-refractivity contribution in [3.8, 4) is 23.1 Å². The van der Waals surface area contributed by atoms with E-state index in [1.165, 1.54) is 0 Å². The van der Waals surface area contributed by atoms with Gasteiger partial charge in [0.1, 0.15) is 5.76 Å². The maximum atomic E-state index is 8.65. The van der Waals surface area contributed by atoms with E-state index in [4.69, 9.17) is 9.68 Å². The summed E-state index contributed by atoms with van der Waals surface area (Å²) in [6, 6.07) is 14.1. The topological polar surface area (TPSA) is 67.6 Å². The summed E-state index contributed by atoms with van der Waals surface area (Å²) in [6.45, 7) is 1.92. The number of unbranched alkanes of at least 4 members (excludes halogenated alkanes) is 1. The molecule has 0 N–H and O–H groups in total. The van der Waals surface area contributed by atoms with Crippen molar-refractivity contribution < 1.29 is 4.42 Å². The third-order valence-corrected chi connectivity index (χ3v) is 4.43. The molecule has 0 aliphatic rings. The van der Waals surface area contributed by atoms with Gasteiger partial charge in [0.15, 0.2) is 11.0 Å². The van der Waals surface area contributed by atoms with Gasteiger partial charge in [-0.1, -0.05) is 30.0 Å². The maximum Gasteiger partial charge on any atom is 0.196 e. The van der Waals surface area contributed by atoms with Crippen LogP contribution in [0, 0.1) is 18.3 Å². The van der Waals surface area contributed by atoms with Gasteiger partial charge >= 0.3 is 0 Å². The molecule has 0 amide bonds. The van der Waals surface area contributed by atoms with E-state index in [1.807, 2.05) is 47.9 Å². The summed E-state index contributed by atoms with van der Waals surface area (Å²) < 4.78 is 7.44. The van der Waals surface area contributed by atoms with Crippen LogP contribution in [0.2, 0.25) is 0 Å². The largest absolute Gasteiger partial charge is 0.469 e. The molecule has 23 heavy (non-hydrogen) atoms. The van der Waals surface area contributed by atoms with E-state index in [9.17, 15) is 0 Å². The Kier molecular flexibility index (Phi) is 4.79. The summed E-state index contributed by atoms with van der Waals surface area (Å²) in [7, 11) is 0. The van der Waals surface area contributed by atoms with Gasteiger partial charge in [0.2, 0.25) is 0 Å². The highest BCUT2D eigenvalue weighted by Gasteiger charge is 2.18. The molecule has 0 aliphatic carbocycles. The van der Waals surface area contributed by atoms with Gasteiger partial charge < -0.3 is 4.42 Å². The fourth-order valence-electron chi connectivity index (χ4n) is 2.28. The molecule has 0 radical (unpaired) electrons. The van der Waals surface area contributed by atoms with Crippen LogP contribution in [-0.4, -0.2) is 20.5 Å². The molecule has 116 valence electrons. The lowest BCUT2D eigenvalue weighted by Crippen LogP contribution is -2.00. The average Bonchev–Trinajstić information content (AvgIpc) is 3.18. The Morgan fingerprint density at radius 2 is 2.04 bits per heavy atom. The molecule has 6 heteroatoms. The Hall–Kier alpha value is -2.52. The molecule has 0 saturated carbocycles. The summed E-state index contributed by atoms with van der Waals surface area (Å²) in [5, 5.41) is 18.2. The number of hydrogen-bond acceptors (Lipinski definition) is 5. The summed E-state index contributed by atoms with van der Waals surface area (Å²) in [4.78, 5) is 0. The van der Waals surface area contributed by atoms with Crippen molar-refractivity contribution in [2.24, 2.45) is 0 Å². The van der Waals surface area contributed by atoms with Crippen molar-refractivity contribution in [2.75, 3.05) is 5.75 Å². The van der Waals surface area contributed by atoms with Crippen LogP contribution >= 0.6 is 11.8 Å². The Morgan fingerprint density at radius 1 is 1.22 bits per heavy atom. The standard InChI is InChI=1S/C17H16N4OS/c1-13-15(9-11-22-13)16-19-20-17(23-12-6-5-10-18)21(16)14-7-3-2-4-8-14/h2-4,7-9,11H,5-6,12H2,1H3. The van der Waals surface area contributed by atoms with E-state index in [2.05, 4.69) is 16.3 Å². The molecule has 0 spiro atoms. The second-order valence-corrected chi connectivity index (χ2v) is 6.04.